The standard InChI is InChI=1S/C16H18ClN3O3.CH2O3.K.H/c1-16(2,20-8-14(21)22)12-7-19-15(23-9-3-4-9)11-6-18-13(17)5-10(11)12;2-1(3)4;;/h5-7,9,20H,3-4,8H2,1-2H3,(H,21,22);(H2,2,3,4);;/q;;+1;-1. The van der Waals surface area contributed by atoms with E-state index in [2.05, 4.69) is 15.3 Å². The Morgan fingerprint density at radius 1 is 1.25 bits per heavy atom. The van der Waals surface area contributed by atoms with E-state index in [-0.39, 0.29) is 65.5 Å². The number of ether oxygens (including phenoxy) is 1. The van der Waals surface area contributed by atoms with Gasteiger partial charge in [0.2, 0.25) is 5.88 Å². The van der Waals surface area contributed by atoms with Crippen LogP contribution in [0, 0.1) is 0 Å². The Kier molecular flexibility index (Phi) is 9.54. The molecule has 0 spiro atoms. The molecule has 1 saturated carbocycles. The molecular formula is C17H21ClKN3O6. The first kappa shape index (κ1) is 25.0. The number of pyridine rings is 2. The maximum atomic E-state index is 10.8. The van der Waals surface area contributed by atoms with Gasteiger partial charge in [-0.15, -0.1) is 0 Å². The van der Waals surface area contributed by atoms with Crippen LogP contribution in [0.3, 0.4) is 0 Å². The van der Waals surface area contributed by atoms with E-state index >= 15 is 0 Å². The van der Waals surface area contributed by atoms with Crippen LogP contribution in [0.25, 0.3) is 10.8 Å². The number of carboxylic acids is 1. The molecule has 0 unspecified atom stereocenters. The molecule has 0 bridgehead atoms. The Morgan fingerprint density at radius 2 is 1.86 bits per heavy atom. The first-order valence-electron chi connectivity index (χ1n) is 8.10. The summed E-state index contributed by atoms with van der Waals surface area (Å²) >= 11 is 6.05. The second kappa shape index (κ2) is 10.7. The summed E-state index contributed by atoms with van der Waals surface area (Å²) in [5, 5.41) is 27.9. The molecule has 2 heterocycles. The van der Waals surface area contributed by atoms with E-state index in [1.165, 1.54) is 0 Å². The molecule has 2 aromatic heterocycles. The van der Waals surface area contributed by atoms with Crippen LogP contribution in [0.2, 0.25) is 5.15 Å². The van der Waals surface area contributed by atoms with Crippen molar-refractivity contribution in [3.05, 3.63) is 29.2 Å². The second-order valence-corrected chi connectivity index (χ2v) is 6.89. The molecule has 1 fully saturated rings. The van der Waals surface area contributed by atoms with Gasteiger partial charge < -0.3 is 21.5 Å². The Balaban J connectivity index is 0.00000120. The quantitative estimate of drug-likeness (QED) is 0.364. The van der Waals surface area contributed by atoms with Gasteiger partial charge in [-0.2, -0.15) is 0 Å². The fourth-order valence-electron chi connectivity index (χ4n) is 2.41. The third kappa shape index (κ3) is 7.43. The smallest absolute Gasteiger partial charge is 1.00 e. The van der Waals surface area contributed by atoms with E-state index in [1.807, 2.05) is 13.8 Å². The van der Waals surface area contributed by atoms with Gasteiger partial charge in [0.1, 0.15) is 11.3 Å². The Labute approximate surface area is 210 Å². The van der Waals surface area contributed by atoms with Crippen LogP contribution in [0.15, 0.2) is 18.5 Å². The number of fused-ring (bicyclic) bond motifs is 1. The van der Waals surface area contributed by atoms with E-state index in [0.717, 1.165) is 29.2 Å². The van der Waals surface area contributed by atoms with Gasteiger partial charge in [-0.3, -0.25) is 10.1 Å². The minimum atomic E-state index is -1.83. The largest absolute Gasteiger partial charge is 1.00 e. The van der Waals surface area contributed by atoms with Crippen LogP contribution in [-0.4, -0.2) is 50.1 Å². The number of carbonyl (C=O) groups is 2. The van der Waals surface area contributed by atoms with Crippen molar-refractivity contribution < 1.29 is 82.5 Å². The first-order chi connectivity index (χ1) is 12.6. The molecule has 3 rings (SSSR count). The van der Waals surface area contributed by atoms with Crippen LogP contribution < -0.4 is 61.4 Å². The number of nitrogens with zero attached hydrogens (tertiary/aromatic N) is 2. The van der Waals surface area contributed by atoms with Crippen LogP contribution >= 0.6 is 11.6 Å². The minimum Gasteiger partial charge on any atom is -1.00 e. The van der Waals surface area contributed by atoms with Crippen molar-refractivity contribution >= 4 is 34.5 Å². The van der Waals surface area contributed by atoms with E-state index < -0.39 is 17.7 Å². The topological polar surface area (TPSA) is 142 Å². The van der Waals surface area contributed by atoms with Gasteiger partial charge in [-0.1, -0.05) is 11.6 Å². The average Bonchev–Trinajstić information content (AvgIpc) is 3.36. The predicted octanol–water partition coefficient (Wildman–Crippen LogP) is 0.0726. The van der Waals surface area contributed by atoms with Gasteiger partial charge >= 0.3 is 63.5 Å². The fraction of sp³-hybridized carbons (Fsp3) is 0.412. The fourth-order valence-corrected chi connectivity index (χ4v) is 2.57. The molecule has 0 aliphatic heterocycles. The number of rotatable bonds is 6. The van der Waals surface area contributed by atoms with E-state index in [4.69, 9.17) is 36.5 Å². The van der Waals surface area contributed by atoms with E-state index in [0.29, 0.717) is 11.0 Å². The number of hydrogen-bond donors (Lipinski definition) is 4. The Bertz CT molecular complexity index is 862. The third-order valence-electron chi connectivity index (χ3n) is 3.86. The number of nitrogens with one attached hydrogen (secondary N) is 1. The van der Waals surface area contributed by atoms with E-state index in [9.17, 15) is 4.79 Å². The Morgan fingerprint density at radius 3 is 2.39 bits per heavy atom. The molecule has 1 aliphatic rings. The summed E-state index contributed by atoms with van der Waals surface area (Å²) in [5.41, 5.74) is 0.257. The summed E-state index contributed by atoms with van der Waals surface area (Å²) in [7, 11) is 0. The van der Waals surface area contributed by atoms with Crippen molar-refractivity contribution in [3.63, 3.8) is 0 Å². The van der Waals surface area contributed by atoms with Crippen LogP contribution in [0.5, 0.6) is 5.88 Å². The van der Waals surface area contributed by atoms with Crippen molar-refractivity contribution in [1.29, 1.82) is 0 Å². The molecule has 28 heavy (non-hydrogen) atoms. The zero-order valence-corrected chi connectivity index (χ0v) is 19.6. The summed E-state index contributed by atoms with van der Waals surface area (Å²) in [6, 6.07) is 1.76. The summed E-state index contributed by atoms with van der Waals surface area (Å²) < 4.78 is 5.84. The molecule has 9 nitrogen and oxygen atoms in total. The predicted molar refractivity (Wildman–Crippen MR) is 98.6 cm³/mol. The van der Waals surface area contributed by atoms with Crippen molar-refractivity contribution in [2.75, 3.05) is 6.54 Å². The van der Waals surface area contributed by atoms with Gasteiger partial charge in [0.05, 0.1) is 11.9 Å². The SMILES string of the molecule is CC(C)(NCC(=O)O)c1cnc(OC2CC2)c2cnc(Cl)cc12.O=C(O)O.[H-].[K+]. The molecule has 4 N–H and O–H groups in total. The van der Waals surface area contributed by atoms with Gasteiger partial charge in [0.15, 0.2) is 0 Å². The van der Waals surface area contributed by atoms with Gasteiger partial charge in [-0.05, 0) is 43.7 Å². The number of hydrogen-bond acceptors (Lipinski definition) is 6. The van der Waals surface area contributed by atoms with E-state index in [1.54, 1.807) is 18.5 Å². The molecular weight excluding hydrogens is 417 g/mol. The number of carboxylic acid groups (broad SMARTS) is 3. The molecule has 0 amide bonds. The van der Waals surface area contributed by atoms with Gasteiger partial charge in [-0.25, -0.2) is 14.8 Å². The number of aliphatic carboxylic acids is 1. The van der Waals surface area contributed by atoms with Crippen molar-refractivity contribution in [1.82, 2.24) is 15.3 Å². The monoisotopic (exact) mass is 437 g/mol. The Hall–Kier alpha value is -1.01. The molecule has 0 atom stereocenters. The van der Waals surface area contributed by atoms with Gasteiger partial charge in [0.25, 0.3) is 0 Å². The number of halogens is 1. The van der Waals surface area contributed by atoms with Crippen LogP contribution in [-0.2, 0) is 10.3 Å². The average molecular weight is 438 g/mol. The maximum Gasteiger partial charge on any atom is 1.00 e. The molecule has 0 radical (unpaired) electrons. The van der Waals surface area contributed by atoms with Gasteiger partial charge in [0, 0.05) is 17.9 Å². The minimum absolute atomic E-state index is 0. The summed E-state index contributed by atoms with van der Waals surface area (Å²) in [5.74, 6) is -0.367. The third-order valence-corrected chi connectivity index (χ3v) is 4.07. The van der Waals surface area contributed by atoms with Crippen LogP contribution in [0.1, 0.15) is 33.7 Å². The zero-order valence-electron chi connectivity index (χ0n) is 16.8. The molecule has 0 saturated heterocycles. The first-order valence-corrected chi connectivity index (χ1v) is 8.48. The molecule has 0 aromatic carbocycles. The van der Waals surface area contributed by atoms with Crippen molar-refractivity contribution in [3.8, 4) is 5.88 Å². The summed E-state index contributed by atoms with van der Waals surface area (Å²) in [4.78, 5) is 27.9. The van der Waals surface area contributed by atoms with Crippen molar-refractivity contribution in [2.45, 2.75) is 38.3 Å². The van der Waals surface area contributed by atoms with Crippen LogP contribution in [0.4, 0.5) is 4.79 Å². The maximum absolute atomic E-state index is 10.8. The zero-order chi connectivity index (χ0) is 20.2. The molecule has 1 aliphatic carbocycles. The normalized spacial score (nSPS) is 13.1. The molecule has 11 heteroatoms. The summed E-state index contributed by atoms with van der Waals surface area (Å²) in [6.45, 7) is 3.66. The molecule has 2 aromatic rings. The molecule has 148 valence electrons. The second-order valence-electron chi connectivity index (χ2n) is 6.50. The summed E-state index contributed by atoms with van der Waals surface area (Å²) in [6.07, 6.45) is 3.84. The van der Waals surface area contributed by atoms with Crippen molar-refractivity contribution in [2.24, 2.45) is 0 Å². The number of aromatic nitrogens is 2.